The molecule has 1 aliphatic heterocycles. The van der Waals surface area contributed by atoms with Gasteiger partial charge in [0.25, 0.3) is 11.6 Å². The van der Waals surface area contributed by atoms with Crippen molar-refractivity contribution in [2.75, 3.05) is 5.01 Å². The quantitative estimate of drug-likeness (QED) is 0.494. The smallest absolute Gasteiger partial charge is 0.267 e. The van der Waals surface area contributed by atoms with E-state index in [0.717, 1.165) is 4.88 Å². The molecule has 0 radical (unpaired) electrons. The Morgan fingerprint density at radius 1 is 1.27 bits per heavy atom. The molecule has 3 rings (SSSR count). The Hall–Kier alpha value is -2.80. The van der Waals surface area contributed by atoms with Gasteiger partial charge in [-0.25, -0.2) is 0 Å². The number of amides is 1. The highest BCUT2D eigenvalue weighted by atomic mass is 32.1. The summed E-state index contributed by atoms with van der Waals surface area (Å²) < 4.78 is 0. The Morgan fingerprint density at radius 2 is 2.00 bits per heavy atom. The lowest BCUT2D eigenvalue weighted by atomic mass is 10.1. The molecule has 6 nitrogen and oxygen atoms in total. The van der Waals surface area contributed by atoms with Crippen molar-refractivity contribution in [3.63, 3.8) is 0 Å². The Bertz CT molecular complexity index is 792. The first-order valence-corrected chi connectivity index (χ1v) is 7.34. The van der Waals surface area contributed by atoms with Gasteiger partial charge < -0.3 is 0 Å². The third-order valence-corrected chi connectivity index (χ3v) is 4.02. The minimum atomic E-state index is -0.480. The average molecular weight is 313 g/mol. The highest BCUT2D eigenvalue weighted by Gasteiger charge is 2.29. The van der Waals surface area contributed by atoms with Crippen molar-refractivity contribution < 1.29 is 9.72 Å². The van der Waals surface area contributed by atoms with Crippen LogP contribution in [0.3, 0.4) is 0 Å². The number of hydrazone groups is 1. The zero-order chi connectivity index (χ0) is 15.7. The molecule has 0 bridgehead atoms. The average Bonchev–Trinajstić information content (AvgIpc) is 3.11. The summed E-state index contributed by atoms with van der Waals surface area (Å²) in [5.41, 5.74) is 1.63. The molecule has 1 aromatic carbocycles. The van der Waals surface area contributed by atoms with Crippen LogP contribution in [0, 0.1) is 10.1 Å². The monoisotopic (exact) mass is 313 g/mol. The van der Waals surface area contributed by atoms with Crippen molar-refractivity contribution in [3.05, 3.63) is 62.3 Å². The van der Waals surface area contributed by atoms with Crippen molar-refractivity contribution in [1.82, 2.24) is 0 Å². The van der Waals surface area contributed by atoms with Gasteiger partial charge in [0.05, 0.1) is 21.9 Å². The number of hydrogen-bond donors (Lipinski definition) is 0. The SMILES string of the molecule is CC1=NN(c2ccc([N+](=O)[O-])cc2)C(=O)/C1=C/c1cccs1. The van der Waals surface area contributed by atoms with Gasteiger partial charge >= 0.3 is 0 Å². The Kier molecular flexibility index (Phi) is 3.56. The molecule has 2 aromatic rings. The van der Waals surface area contributed by atoms with E-state index < -0.39 is 4.92 Å². The second-order valence-corrected chi connectivity index (χ2v) is 5.63. The Labute approximate surface area is 130 Å². The van der Waals surface area contributed by atoms with Crippen LogP contribution < -0.4 is 5.01 Å². The van der Waals surface area contributed by atoms with Crippen molar-refractivity contribution >= 4 is 40.4 Å². The predicted octanol–water partition coefficient (Wildman–Crippen LogP) is 3.46. The second kappa shape index (κ2) is 5.53. The van der Waals surface area contributed by atoms with Gasteiger partial charge in [0.15, 0.2) is 0 Å². The number of thiophene rings is 1. The molecule has 0 saturated heterocycles. The molecule has 0 fully saturated rings. The van der Waals surface area contributed by atoms with Crippen LogP contribution in [-0.4, -0.2) is 16.5 Å². The van der Waals surface area contributed by atoms with Crippen LogP contribution in [0.5, 0.6) is 0 Å². The Morgan fingerprint density at radius 3 is 2.59 bits per heavy atom. The number of hydrogen-bond acceptors (Lipinski definition) is 5. The van der Waals surface area contributed by atoms with E-state index in [0.29, 0.717) is 17.0 Å². The first-order valence-electron chi connectivity index (χ1n) is 6.46. The number of carbonyl (C=O) groups is 1. The maximum absolute atomic E-state index is 12.5. The topological polar surface area (TPSA) is 75.8 Å². The van der Waals surface area contributed by atoms with E-state index in [9.17, 15) is 14.9 Å². The maximum atomic E-state index is 12.5. The van der Waals surface area contributed by atoms with Crippen molar-refractivity contribution in [2.45, 2.75) is 6.92 Å². The fraction of sp³-hybridized carbons (Fsp3) is 0.0667. The summed E-state index contributed by atoms with van der Waals surface area (Å²) >= 11 is 1.54. The molecule has 0 unspecified atom stereocenters. The van der Waals surface area contributed by atoms with Crippen LogP contribution in [0.2, 0.25) is 0 Å². The van der Waals surface area contributed by atoms with Crippen LogP contribution in [-0.2, 0) is 4.79 Å². The number of rotatable bonds is 3. The molecule has 1 aliphatic rings. The summed E-state index contributed by atoms with van der Waals surface area (Å²) in [5, 5.41) is 18.1. The van der Waals surface area contributed by atoms with E-state index in [1.54, 1.807) is 13.0 Å². The van der Waals surface area contributed by atoms with Crippen LogP contribution in [0.4, 0.5) is 11.4 Å². The molecule has 0 aliphatic carbocycles. The summed E-state index contributed by atoms with van der Waals surface area (Å²) in [4.78, 5) is 23.6. The summed E-state index contributed by atoms with van der Waals surface area (Å²) in [5.74, 6) is -0.236. The number of nitrogens with zero attached hydrogens (tertiary/aromatic N) is 3. The zero-order valence-electron chi connectivity index (χ0n) is 11.6. The first kappa shape index (κ1) is 14.2. The van der Waals surface area contributed by atoms with Crippen LogP contribution in [0.25, 0.3) is 6.08 Å². The lowest BCUT2D eigenvalue weighted by Gasteiger charge is -2.11. The lowest BCUT2D eigenvalue weighted by molar-refractivity contribution is -0.384. The molecule has 110 valence electrons. The highest BCUT2D eigenvalue weighted by Crippen LogP contribution is 2.27. The van der Waals surface area contributed by atoms with Crippen LogP contribution in [0.15, 0.2) is 52.5 Å². The van der Waals surface area contributed by atoms with E-state index >= 15 is 0 Å². The lowest BCUT2D eigenvalue weighted by Crippen LogP contribution is -2.21. The fourth-order valence-corrected chi connectivity index (χ4v) is 2.75. The Balaban J connectivity index is 1.91. The van der Waals surface area contributed by atoms with E-state index in [2.05, 4.69) is 5.10 Å². The molecule has 2 heterocycles. The minimum absolute atomic E-state index is 0.0227. The summed E-state index contributed by atoms with van der Waals surface area (Å²) in [6, 6.07) is 9.58. The van der Waals surface area contributed by atoms with Gasteiger partial charge in [-0.05, 0) is 36.6 Å². The third kappa shape index (κ3) is 2.53. The van der Waals surface area contributed by atoms with E-state index in [1.165, 1.54) is 40.6 Å². The summed E-state index contributed by atoms with van der Waals surface area (Å²) in [6.07, 6.45) is 1.80. The fourth-order valence-electron chi connectivity index (χ4n) is 2.09. The molecule has 1 amide bonds. The standard InChI is InChI=1S/C15H11N3O3S/c1-10-14(9-13-3-2-8-22-13)15(19)17(16-10)11-4-6-12(7-5-11)18(20)21/h2-9H,1H3/b14-9+. The normalized spacial score (nSPS) is 16.2. The second-order valence-electron chi connectivity index (χ2n) is 4.65. The number of carbonyl (C=O) groups excluding carboxylic acids is 1. The molecule has 0 N–H and O–H groups in total. The first-order chi connectivity index (χ1) is 10.6. The highest BCUT2D eigenvalue weighted by molar-refractivity contribution is 7.10. The molecule has 0 atom stereocenters. The van der Waals surface area contributed by atoms with Crippen molar-refractivity contribution in [1.29, 1.82) is 0 Å². The van der Waals surface area contributed by atoms with E-state index in [-0.39, 0.29) is 11.6 Å². The van der Waals surface area contributed by atoms with Crippen molar-refractivity contribution in [3.8, 4) is 0 Å². The summed E-state index contributed by atoms with van der Waals surface area (Å²) in [7, 11) is 0. The number of nitro groups is 1. The zero-order valence-corrected chi connectivity index (χ0v) is 12.4. The van der Waals surface area contributed by atoms with Gasteiger partial charge in [0, 0.05) is 17.0 Å². The van der Waals surface area contributed by atoms with Crippen LogP contribution in [0.1, 0.15) is 11.8 Å². The molecule has 7 heteroatoms. The third-order valence-electron chi connectivity index (χ3n) is 3.20. The van der Waals surface area contributed by atoms with Gasteiger partial charge in [-0.2, -0.15) is 10.1 Å². The number of non-ortho nitro benzene ring substituents is 1. The number of anilines is 1. The van der Waals surface area contributed by atoms with Gasteiger partial charge in [0.2, 0.25) is 0 Å². The molecule has 0 spiro atoms. The van der Waals surface area contributed by atoms with Crippen LogP contribution >= 0.6 is 11.3 Å². The van der Waals surface area contributed by atoms with Crippen molar-refractivity contribution in [2.24, 2.45) is 5.10 Å². The predicted molar refractivity (Wildman–Crippen MR) is 86.0 cm³/mol. The summed E-state index contributed by atoms with van der Waals surface area (Å²) in [6.45, 7) is 1.77. The van der Waals surface area contributed by atoms with Gasteiger partial charge in [-0.1, -0.05) is 6.07 Å². The molecular formula is C15H11N3O3S. The van der Waals surface area contributed by atoms with E-state index in [1.807, 2.05) is 17.5 Å². The molecular weight excluding hydrogens is 302 g/mol. The van der Waals surface area contributed by atoms with Gasteiger partial charge in [0.1, 0.15) is 0 Å². The van der Waals surface area contributed by atoms with E-state index in [4.69, 9.17) is 0 Å². The van der Waals surface area contributed by atoms with Gasteiger partial charge in [-0.15, -0.1) is 11.3 Å². The molecule has 22 heavy (non-hydrogen) atoms. The minimum Gasteiger partial charge on any atom is -0.267 e. The molecule has 1 aromatic heterocycles. The largest absolute Gasteiger partial charge is 0.280 e. The molecule has 0 saturated carbocycles. The number of benzene rings is 1. The van der Waals surface area contributed by atoms with Gasteiger partial charge in [-0.3, -0.25) is 14.9 Å². The maximum Gasteiger partial charge on any atom is 0.280 e. The number of nitro benzene ring substituents is 1.